The Bertz CT molecular complexity index is 357. The minimum Gasteiger partial charge on any atom is -0.462 e. The minimum absolute atomic E-state index is 0.114. The van der Waals surface area contributed by atoms with Crippen molar-refractivity contribution < 1.29 is 18.3 Å². The number of carbonyl (C=O) groups excluding carboxylic acids is 1. The summed E-state index contributed by atoms with van der Waals surface area (Å²) < 4.78 is 31.2. The van der Waals surface area contributed by atoms with E-state index >= 15 is 0 Å². The van der Waals surface area contributed by atoms with Crippen LogP contribution in [0.2, 0.25) is 0 Å². The van der Waals surface area contributed by atoms with E-state index in [9.17, 15) is 13.6 Å². The molecule has 1 unspecified atom stereocenters. The fourth-order valence-electron chi connectivity index (χ4n) is 1.13. The molecule has 1 atom stereocenters. The van der Waals surface area contributed by atoms with Gasteiger partial charge in [0.15, 0.2) is 0 Å². The van der Waals surface area contributed by atoms with E-state index in [1.54, 1.807) is 0 Å². The van der Waals surface area contributed by atoms with Gasteiger partial charge in [0.25, 0.3) is 0 Å². The van der Waals surface area contributed by atoms with E-state index in [1.165, 1.54) is 31.5 Å². The molecule has 0 fully saturated rings. The number of pyridine rings is 1. The number of rotatable bonds is 4. The number of carbonyl (C=O) groups is 1. The lowest BCUT2D eigenvalue weighted by atomic mass is 10.0. The van der Waals surface area contributed by atoms with E-state index in [4.69, 9.17) is 5.73 Å². The lowest BCUT2D eigenvalue weighted by Gasteiger charge is -2.21. The summed E-state index contributed by atoms with van der Waals surface area (Å²) in [5, 5.41) is 0. The summed E-state index contributed by atoms with van der Waals surface area (Å²) in [6.45, 7) is 1.34. The molecule has 0 amide bonds. The molecule has 0 aliphatic heterocycles. The maximum Gasteiger partial charge on any atom is 0.379 e. The molecule has 1 heterocycles. The maximum absolute atomic E-state index is 13.5. The third kappa shape index (κ3) is 2.52. The molecule has 0 bridgehead atoms. The second-order valence-corrected chi connectivity index (χ2v) is 3.10. The number of aromatic nitrogens is 1. The van der Waals surface area contributed by atoms with Crippen molar-refractivity contribution in [3.05, 3.63) is 30.1 Å². The molecule has 0 aliphatic rings. The summed E-state index contributed by atoms with van der Waals surface area (Å²) in [6, 6.07) is 0.935. The highest BCUT2D eigenvalue weighted by Gasteiger charge is 2.47. The summed E-state index contributed by atoms with van der Waals surface area (Å²) >= 11 is 0. The first-order chi connectivity index (χ1) is 7.50. The fourth-order valence-corrected chi connectivity index (χ4v) is 1.13. The molecule has 2 N–H and O–H groups in total. The van der Waals surface area contributed by atoms with Gasteiger partial charge in [0, 0.05) is 12.4 Å². The van der Waals surface area contributed by atoms with Crippen molar-refractivity contribution >= 4 is 5.97 Å². The van der Waals surface area contributed by atoms with E-state index in [0.29, 0.717) is 0 Å². The Kier molecular flexibility index (Phi) is 3.89. The molecule has 1 aromatic heterocycles. The molecule has 0 radical (unpaired) electrons. The first-order valence-corrected chi connectivity index (χ1v) is 4.70. The highest BCUT2D eigenvalue weighted by Crippen LogP contribution is 2.30. The van der Waals surface area contributed by atoms with Crippen LogP contribution in [-0.4, -0.2) is 23.5 Å². The van der Waals surface area contributed by atoms with Crippen molar-refractivity contribution in [1.29, 1.82) is 0 Å². The van der Waals surface area contributed by atoms with Gasteiger partial charge in [0.2, 0.25) is 0 Å². The third-order valence-electron chi connectivity index (χ3n) is 2.00. The number of esters is 1. The first-order valence-electron chi connectivity index (χ1n) is 4.70. The minimum atomic E-state index is -3.74. The van der Waals surface area contributed by atoms with Crippen LogP contribution < -0.4 is 5.73 Å². The molecule has 1 rings (SSSR count). The van der Waals surface area contributed by atoms with Gasteiger partial charge in [0.1, 0.15) is 6.04 Å². The smallest absolute Gasteiger partial charge is 0.379 e. The van der Waals surface area contributed by atoms with Crippen LogP contribution in [-0.2, 0) is 9.53 Å². The molecule has 0 saturated heterocycles. The number of hydrogen-bond acceptors (Lipinski definition) is 4. The summed E-state index contributed by atoms with van der Waals surface area (Å²) in [4.78, 5) is 14.7. The van der Waals surface area contributed by atoms with Crippen molar-refractivity contribution in [1.82, 2.24) is 4.98 Å². The van der Waals surface area contributed by atoms with Crippen LogP contribution in [0, 0.1) is 0 Å². The van der Waals surface area contributed by atoms with Crippen molar-refractivity contribution in [3.8, 4) is 0 Å². The Hall–Kier alpha value is -1.56. The van der Waals surface area contributed by atoms with Crippen LogP contribution in [0.4, 0.5) is 8.78 Å². The van der Waals surface area contributed by atoms with Gasteiger partial charge < -0.3 is 10.5 Å². The monoisotopic (exact) mass is 230 g/mol. The lowest BCUT2D eigenvalue weighted by molar-refractivity contribution is -0.174. The highest BCUT2D eigenvalue weighted by molar-refractivity contribution is 5.78. The van der Waals surface area contributed by atoms with E-state index in [1.807, 2.05) is 0 Å². The zero-order valence-electron chi connectivity index (χ0n) is 8.69. The molecule has 0 spiro atoms. The van der Waals surface area contributed by atoms with E-state index in [0.717, 1.165) is 0 Å². The van der Waals surface area contributed by atoms with Crippen LogP contribution in [0.1, 0.15) is 18.5 Å². The number of nitrogens with zero attached hydrogens (tertiary/aromatic N) is 1. The second kappa shape index (κ2) is 4.98. The number of nitrogens with two attached hydrogens (primary N) is 1. The number of alkyl halides is 2. The number of halogens is 2. The Morgan fingerprint density at radius 2 is 2.12 bits per heavy atom. The molecule has 1 aromatic rings. The molecule has 0 aliphatic carbocycles. The Balaban J connectivity index is 2.87. The van der Waals surface area contributed by atoms with Gasteiger partial charge in [0.05, 0.1) is 6.61 Å². The van der Waals surface area contributed by atoms with Gasteiger partial charge in [-0.2, -0.15) is 8.78 Å². The molecule has 0 aromatic carbocycles. The van der Waals surface area contributed by atoms with Gasteiger partial charge >= 0.3 is 11.9 Å². The largest absolute Gasteiger partial charge is 0.462 e. The standard InChI is InChI=1S/C10H12F2N2O2/c1-2-16-9(15)10(11,12)8(13)7-3-5-14-6-4-7/h3-6,8H,2,13H2,1H3. The molecule has 0 saturated carbocycles. The average molecular weight is 230 g/mol. The third-order valence-corrected chi connectivity index (χ3v) is 2.00. The first kappa shape index (κ1) is 12.5. The van der Waals surface area contributed by atoms with Crippen molar-refractivity contribution in [2.24, 2.45) is 5.73 Å². The lowest BCUT2D eigenvalue weighted by Crippen LogP contribution is -2.41. The predicted octanol–water partition coefficient (Wildman–Crippen LogP) is 1.28. The van der Waals surface area contributed by atoms with Crippen LogP contribution in [0.25, 0.3) is 0 Å². The van der Waals surface area contributed by atoms with E-state index in [2.05, 4.69) is 9.72 Å². The predicted molar refractivity (Wildman–Crippen MR) is 52.7 cm³/mol. The molecule has 88 valence electrons. The summed E-state index contributed by atoms with van der Waals surface area (Å²) in [7, 11) is 0. The van der Waals surface area contributed by atoms with Crippen molar-refractivity contribution in [2.45, 2.75) is 18.9 Å². The van der Waals surface area contributed by atoms with Gasteiger partial charge in [-0.05, 0) is 24.6 Å². The normalized spacial score (nSPS) is 13.2. The zero-order chi connectivity index (χ0) is 12.2. The van der Waals surface area contributed by atoms with Crippen molar-refractivity contribution in [2.75, 3.05) is 6.61 Å². The van der Waals surface area contributed by atoms with Crippen LogP contribution >= 0.6 is 0 Å². The molecular weight excluding hydrogens is 218 g/mol. The summed E-state index contributed by atoms with van der Waals surface area (Å²) in [5.74, 6) is -5.35. The average Bonchev–Trinajstić information content (AvgIpc) is 2.29. The summed E-state index contributed by atoms with van der Waals surface area (Å²) in [5.41, 5.74) is 5.46. The molecule has 6 heteroatoms. The topological polar surface area (TPSA) is 65.2 Å². The van der Waals surface area contributed by atoms with Gasteiger partial charge in [-0.1, -0.05) is 0 Å². The highest BCUT2D eigenvalue weighted by atomic mass is 19.3. The van der Waals surface area contributed by atoms with Gasteiger partial charge in [-0.3, -0.25) is 4.98 Å². The Morgan fingerprint density at radius 3 is 2.62 bits per heavy atom. The van der Waals surface area contributed by atoms with E-state index in [-0.39, 0.29) is 12.2 Å². The van der Waals surface area contributed by atoms with Crippen molar-refractivity contribution in [3.63, 3.8) is 0 Å². The zero-order valence-corrected chi connectivity index (χ0v) is 8.69. The quantitative estimate of drug-likeness (QED) is 0.791. The van der Waals surface area contributed by atoms with Gasteiger partial charge in [-0.25, -0.2) is 4.79 Å². The van der Waals surface area contributed by atoms with Crippen LogP contribution in [0.3, 0.4) is 0 Å². The number of ether oxygens (including phenoxy) is 1. The van der Waals surface area contributed by atoms with Gasteiger partial charge in [-0.15, -0.1) is 0 Å². The Morgan fingerprint density at radius 1 is 1.56 bits per heavy atom. The van der Waals surface area contributed by atoms with Crippen LogP contribution in [0.5, 0.6) is 0 Å². The summed E-state index contributed by atoms with van der Waals surface area (Å²) in [6.07, 6.45) is 2.66. The molecular formula is C10H12F2N2O2. The van der Waals surface area contributed by atoms with Crippen LogP contribution in [0.15, 0.2) is 24.5 Å². The second-order valence-electron chi connectivity index (χ2n) is 3.10. The number of hydrogen-bond donors (Lipinski definition) is 1. The van der Waals surface area contributed by atoms with E-state index < -0.39 is 17.9 Å². The molecule has 4 nitrogen and oxygen atoms in total. The molecule has 16 heavy (non-hydrogen) atoms. The fraction of sp³-hybridized carbons (Fsp3) is 0.400. The SMILES string of the molecule is CCOC(=O)C(F)(F)C(N)c1ccncc1. The Labute approximate surface area is 91.4 Å². The maximum atomic E-state index is 13.5.